The van der Waals surface area contributed by atoms with Gasteiger partial charge in [-0.15, -0.1) is 0 Å². The zero-order valence-corrected chi connectivity index (χ0v) is 7.05. The molecule has 1 aliphatic rings. The van der Waals surface area contributed by atoms with Crippen molar-refractivity contribution in [3.8, 4) is 0 Å². The zero-order chi connectivity index (χ0) is 7.56. The summed E-state index contributed by atoms with van der Waals surface area (Å²) in [5, 5.41) is 0.527. The summed E-state index contributed by atoms with van der Waals surface area (Å²) in [7, 11) is 0. The Morgan fingerprint density at radius 3 is 2.80 bits per heavy atom. The van der Waals surface area contributed by atoms with Gasteiger partial charge in [-0.05, 0) is 6.42 Å². The predicted molar refractivity (Wildman–Crippen MR) is 45.2 cm³/mol. The van der Waals surface area contributed by atoms with E-state index in [2.05, 4.69) is 12.6 Å². The van der Waals surface area contributed by atoms with Crippen LogP contribution >= 0.6 is 24.2 Å². The van der Waals surface area contributed by atoms with Gasteiger partial charge in [0.25, 0.3) is 0 Å². The number of halogens is 2. The van der Waals surface area contributed by atoms with Gasteiger partial charge in [0.2, 0.25) is 0 Å². The summed E-state index contributed by atoms with van der Waals surface area (Å²) in [5.74, 6) is 0.281. The first kappa shape index (κ1) is 8.15. The van der Waals surface area contributed by atoms with E-state index in [4.69, 9.17) is 11.6 Å². The summed E-state index contributed by atoms with van der Waals surface area (Å²) < 4.78 is 12.8. The molecular formula is C7H8ClFS. The first-order chi connectivity index (χ1) is 4.75. The largest absolute Gasteiger partial charge is 0.211 e. The Morgan fingerprint density at radius 2 is 2.40 bits per heavy atom. The van der Waals surface area contributed by atoms with Gasteiger partial charge < -0.3 is 0 Å². The molecule has 0 bridgehead atoms. The van der Waals surface area contributed by atoms with Gasteiger partial charge in [0.15, 0.2) is 0 Å². The maximum Gasteiger partial charge on any atom is 0.106 e. The Labute approximate surface area is 70.2 Å². The van der Waals surface area contributed by atoms with Crippen LogP contribution in [0.2, 0.25) is 0 Å². The molecular weight excluding hydrogens is 171 g/mol. The van der Waals surface area contributed by atoms with Gasteiger partial charge in [-0.1, -0.05) is 17.7 Å². The minimum Gasteiger partial charge on any atom is -0.211 e. The highest BCUT2D eigenvalue weighted by molar-refractivity contribution is 7.80. The molecule has 0 fully saturated rings. The van der Waals surface area contributed by atoms with Crippen LogP contribution in [0, 0.1) is 0 Å². The van der Waals surface area contributed by atoms with Crippen molar-refractivity contribution < 1.29 is 4.39 Å². The maximum absolute atomic E-state index is 12.8. The second-order valence-electron chi connectivity index (χ2n) is 2.13. The lowest BCUT2D eigenvalue weighted by molar-refractivity contribution is 0.577. The number of hydrogen-bond acceptors (Lipinski definition) is 1. The minimum absolute atomic E-state index is 0.109. The summed E-state index contributed by atoms with van der Waals surface area (Å²) in [6, 6.07) is 0. The van der Waals surface area contributed by atoms with E-state index in [-0.39, 0.29) is 5.83 Å². The molecule has 0 nitrogen and oxygen atoms in total. The van der Waals surface area contributed by atoms with Gasteiger partial charge >= 0.3 is 0 Å². The molecule has 0 saturated heterocycles. The normalized spacial score (nSPS) is 19.3. The number of thiol groups is 1. The third-order valence-corrected chi connectivity index (χ3v) is 2.16. The molecule has 1 rings (SSSR count). The average molecular weight is 179 g/mol. The van der Waals surface area contributed by atoms with Gasteiger partial charge in [-0.3, -0.25) is 0 Å². The number of allylic oxidation sites excluding steroid dienone is 3. The molecule has 1 aliphatic carbocycles. The van der Waals surface area contributed by atoms with E-state index in [1.807, 2.05) is 6.08 Å². The van der Waals surface area contributed by atoms with Crippen molar-refractivity contribution in [1.82, 2.24) is 0 Å². The maximum atomic E-state index is 12.8. The summed E-state index contributed by atoms with van der Waals surface area (Å²) in [4.78, 5) is 0. The standard InChI is InChI=1S/C7H8ClFS/c8-6-2-1-3-7(9)5(6)4-10/h2,10H,1,3-4H2. The second-order valence-corrected chi connectivity index (χ2v) is 2.86. The Balaban J connectivity index is 2.87. The Kier molecular flexibility index (Phi) is 2.81. The molecule has 0 amide bonds. The van der Waals surface area contributed by atoms with Gasteiger partial charge in [0.1, 0.15) is 5.83 Å². The lowest BCUT2D eigenvalue weighted by Gasteiger charge is -2.09. The van der Waals surface area contributed by atoms with Crippen LogP contribution in [-0.4, -0.2) is 5.75 Å². The third kappa shape index (κ3) is 1.55. The lowest BCUT2D eigenvalue weighted by atomic mass is 10.1. The van der Waals surface area contributed by atoms with E-state index in [9.17, 15) is 4.39 Å². The molecule has 0 aromatic rings. The molecule has 0 N–H and O–H groups in total. The molecule has 0 atom stereocenters. The monoisotopic (exact) mass is 178 g/mol. The van der Waals surface area contributed by atoms with E-state index in [0.717, 1.165) is 0 Å². The van der Waals surface area contributed by atoms with Crippen LogP contribution in [0.5, 0.6) is 0 Å². The quantitative estimate of drug-likeness (QED) is 0.587. The molecule has 0 radical (unpaired) electrons. The van der Waals surface area contributed by atoms with Crippen LogP contribution in [0.25, 0.3) is 0 Å². The van der Waals surface area contributed by atoms with Crippen LogP contribution in [0.4, 0.5) is 4.39 Å². The van der Waals surface area contributed by atoms with Crippen molar-refractivity contribution in [2.75, 3.05) is 5.75 Å². The molecule has 10 heavy (non-hydrogen) atoms. The fourth-order valence-electron chi connectivity index (χ4n) is 0.891. The molecule has 0 heterocycles. The number of hydrogen-bond donors (Lipinski definition) is 1. The van der Waals surface area contributed by atoms with E-state index in [1.165, 1.54) is 0 Å². The Bertz CT molecular complexity index is 196. The third-order valence-electron chi connectivity index (χ3n) is 1.46. The average Bonchev–Trinajstić information content (AvgIpc) is 1.88. The van der Waals surface area contributed by atoms with Crippen LogP contribution < -0.4 is 0 Å². The zero-order valence-electron chi connectivity index (χ0n) is 5.40. The molecule has 0 spiro atoms. The van der Waals surface area contributed by atoms with Crippen molar-refractivity contribution in [3.05, 3.63) is 22.5 Å². The summed E-state index contributed by atoms with van der Waals surface area (Å²) in [6.07, 6.45) is 3.02. The first-order valence-electron chi connectivity index (χ1n) is 3.10. The predicted octanol–water partition coefficient (Wildman–Crippen LogP) is 3.06. The molecule has 56 valence electrons. The van der Waals surface area contributed by atoms with Crippen molar-refractivity contribution >= 4 is 24.2 Å². The summed E-state index contributed by atoms with van der Waals surface area (Å²) in [5.41, 5.74) is 0.552. The first-order valence-corrected chi connectivity index (χ1v) is 4.11. The van der Waals surface area contributed by atoms with Crippen molar-refractivity contribution in [3.63, 3.8) is 0 Å². The SMILES string of the molecule is FC1=C(CS)C(Cl)=CCC1. The lowest BCUT2D eigenvalue weighted by Crippen LogP contribution is -1.95. The van der Waals surface area contributed by atoms with Gasteiger partial charge in [0.05, 0.1) is 0 Å². The van der Waals surface area contributed by atoms with Crippen LogP contribution in [0.15, 0.2) is 22.5 Å². The Morgan fingerprint density at radius 1 is 1.70 bits per heavy atom. The van der Waals surface area contributed by atoms with Crippen molar-refractivity contribution in [1.29, 1.82) is 0 Å². The highest BCUT2D eigenvalue weighted by atomic mass is 35.5. The fourth-order valence-corrected chi connectivity index (χ4v) is 1.60. The summed E-state index contributed by atoms with van der Waals surface area (Å²) in [6.45, 7) is 0. The number of rotatable bonds is 1. The van der Waals surface area contributed by atoms with Crippen LogP contribution in [0.1, 0.15) is 12.8 Å². The minimum atomic E-state index is -0.109. The molecule has 0 unspecified atom stereocenters. The van der Waals surface area contributed by atoms with Gasteiger partial charge in [-0.2, -0.15) is 12.6 Å². The van der Waals surface area contributed by atoms with Gasteiger partial charge in [0, 0.05) is 22.8 Å². The fraction of sp³-hybridized carbons (Fsp3) is 0.429. The highest BCUT2D eigenvalue weighted by Crippen LogP contribution is 2.28. The van der Waals surface area contributed by atoms with Crippen LogP contribution in [-0.2, 0) is 0 Å². The molecule has 0 saturated carbocycles. The van der Waals surface area contributed by atoms with Gasteiger partial charge in [-0.25, -0.2) is 4.39 Å². The highest BCUT2D eigenvalue weighted by Gasteiger charge is 2.12. The Hall–Kier alpha value is 0.0500. The smallest absolute Gasteiger partial charge is 0.106 e. The molecule has 0 aromatic carbocycles. The summed E-state index contributed by atoms with van der Waals surface area (Å²) >= 11 is 9.65. The van der Waals surface area contributed by atoms with E-state index < -0.39 is 0 Å². The molecule has 0 aliphatic heterocycles. The molecule has 3 heteroatoms. The van der Waals surface area contributed by atoms with Crippen molar-refractivity contribution in [2.45, 2.75) is 12.8 Å². The van der Waals surface area contributed by atoms with Crippen molar-refractivity contribution in [2.24, 2.45) is 0 Å². The van der Waals surface area contributed by atoms with E-state index >= 15 is 0 Å². The molecule has 0 aromatic heterocycles. The van der Waals surface area contributed by atoms with Crippen LogP contribution in [0.3, 0.4) is 0 Å². The topological polar surface area (TPSA) is 0 Å². The van der Waals surface area contributed by atoms with E-state index in [1.54, 1.807) is 0 Å². The van der Waals surface area contributed by atoms with E-state index in [0.29, 0.717) is 29.2 Å². The second kappa shape index (κ2) is 3.44.